The van der Waals surface area contributed by atoms with Gasteiger partial charge in [0.15, 0.2) is 23.0 Å². The predicted molar refractivity (Wildman–Crippen MR) is 128 cm³/mol. The molecule has 10 heteroatoms. The Balaban J connectivity index is 1.56. The lowest BCUT2D eigenvalue weighted by atomic mass is 10.1. The van der Waals surface area contributed by atoms with E-state index in [-0.39, 0.29) is 23.3 Å². The summed E-state index contributed by atoms with van der Waals surface area (Å²) in [4.78, 5) is 23.7. The normalized spacial score (nSPS) is 11.0. The first kappa shape index (κ1) is 26.2. The van der Waals surface area contributed by atoms with Crippen LogP contribution in [0.3, 0.4) is 0 Å². The van der Waals surface area contributed by atoms with Crippen molar-refractivity contribution in [1.82, 2.24) is 10.9 Å². The fourth-order valence-corrected chi connectivity index (χ4v) is 2.94. The smallest absolute Gasteiger partial charge is 0.240 e. The number of phenolic OH excluding ortho intramolecular Hbond substituents is 2. The van der Waals surface area contributed by atoms with Gasteiger partial charge in [-0.2, -0.15) is 10.2 Å². The molecule has 0 bridgehead atoms. The van der Waals surface area contributed by atoms with Crippen molar-refractivity contribution in [1.29, 1.82) is 0 Å². The number of aromatic hydroxyl groups is 2. The molecule has 2 aromatic rings. The van der Waals surface area contributed by atoms with Gasteiger partial charge in [-0.05, 0) is 60.4 Å². The molecule has 0 heterocycles. The van der Waals surface area contributed by atoms with Crippen molar-refractivity contribution >= 4 is 24.2 Å². The molecule has 2 aromatic carbocycles. The van der Waals surface area contributed by atoms with Crippen molar-refractivity contribution in [3.63, 3.8) is 0 Å². The summed E-state index contributed by atoms with van der Waals surface area (Å²) in [6, 6.07) is 9.50. The lowest BCUT2D eigenvalue weighted by molar-refractivity contribution is -0.122. The van der Waals surface area contributed by atoms with Crippen LogP contribution in [0.5, 0.6) is 23.0 Å². The van der Waals surface area contributed by atoms with Gasteiger partial charge in [0.05, 0.1) is 26.6 Å². The van der Waals surface area contributed by atoms with Crippen LogP contribution in [0, 0.1) is 0 Å². The van der Waals surface area contributed by atoms with Crippen LogP contribution in [0.4, 0.5) is 0 Å². The lowest BCUT2D eigenvalue weighted by Crippen LogP contribution is -2.17. The number of hydrogen-bond acceptors (Lipinski definition) is 8. The van der Waals surface area contributed by atoms with Crippen molar-refractivity contribution in [2.24, 2.45) is 10.2 Å². The third-order valence-corrected chi connectivity index (χ3v) is 4.77. The molecule has 0 aromatic heterocycles. The van der Waals surface area contributed by atoms with E-state index in [4.69, 9.17) is 9.47 Å². The highest BCUT2D eigenvalue weighted by Gasteiger charge is 2.04. The SMILES string of the molecule is COc1cc(C=NNC(=O)CCCCCCC(=O)NN=Cc2ccc(O)c(OC)c2)ccc1O. The van der Waals surface area contributed by atoms with E-state index in [1.165, 1.54) is 38.8 Å². The van der Waals surface area contributed by atoms with E-state index < -0.39 is 0 Å². The van der Waals surface area contributed by atoms with Gasteiger partial charge >= 0.3 is 0 Å². The summed E-state index contributed by atoms with van der Waals surface area (Å²) in [5.74, 6) is 0.329. The monoisotopic (exact) mass is 470 g/mol. The maximum atomic E-state index is 11.9. The van der Waals surface area contributed by atoms with Crippen LogP contribution in [-0.2, 0) is 9.59 Å². The molecule has 0 saturated carbocycles. The number of nitrogens with one attached hydrogen (secondary N) is 2. The summed E-state index contributed by atoms with van der Waals surface area (Å²) in [6.07, 6.45) is 6.63. The third kappa shape index (κ3) is 9.19. The highest BCUT2D eigenvalue weighted by molar-refractivity contribution is 5.84. The fourth-order valence-electron chi connectivity index (χ4n) is 2.94. The van der Waals surface area contributed by atoms with E-state index in [0.717, 1.165) is 12.8 Å². The molecule has 34 heavy (non-hydrogen) atoms. The maximum absolute atomic E-state index is 11.9. The van der Waals surface area contributed by atoms with Crippen LogP contribution in [0.25, 0.3) is 0 Å². The van der Waals surface area contributed by atoms with Crippen molar-refractivity contribution in [2.75, 3.05) is 14.2 Å². The number of benzene rings is 2. The molecular formula is C24H30N4O6. The van der Waals surface area contributed by atoms with E-state index in [2.05, 4.69) is 21.1 Å². The number of carbonyl (C=O) groups is 2. The van der Waals surface area contributed by atoms with Crippen molar-refractivity contribution in [3.05, 3.63) is 47.5 Å². The number of phenols is 2. The molecule has 182 valence electrons. The molecule has 0 spiro atoms. The molecule has 0 fully saturated rings. The summed E-state index contributed by atoms with van der Waals surface area (Å²) in [5.41, 5.74) is 6.29. The van der Waals surface area contributed by atoms with E-state index in [0.29, 0.717) is 48.3 Å². The number of amides is 2. The zero-order chi connectivity index (χ0) is 24.8. The number of nitrogens with zero attached hydrogens (tertiary/aromatic N) is 2. The molecule has 0 unspecified atom stereocenters. The molecule has 4 N–H and O–H groups in total. The molecule has 0 aliphatic heterocycles. The van der Waals surface area contributed by atoms with E-state index in [9.17, 15) is 19.8 Å². The molecule has 0 atom stereocenters. The van der Waals surface area contributed by atoms with Crippen molar-refractivity contribution in [2.45, 2.75) is 38.5 Å². The Labute approximate surface area is 198 Å². The number of hydrazone groups is 2. The van der Waals surface area contributed by atoms with Gasteiger partial charge in [0.1, 0.15) is 0 Å². The Morgan fingerprint density at radius 2 is 1.18 bits per heavy atom. The third-order valence-electron chi connectivity index (χ3n) is 4.77. The van der Waals surface area contributed by atoms with Gasteiger partial charge in [0, 0.05) is 12.8 Å². The van der Waals surface area contributed by atoms with Crippen molar-refractivity contribution in [3.8, 4) is 23.0 Å². The summed E-state index contributed by atoms with van der Waals surface area (Å²) in [7, 11) is 2.91. The second kappa shape index (κ2) is 14.1. The minimum atomic E-state index is -0.195. The Morgan fingerprint density at radius 3 is 1.56 bits per heavy atom. The molecule has 2 amide bonds. The van der Waals surface area contributed by atoms with Gasteiger partial charge in [-0.3, -0.25) is 9.59 Å². The van der Waals surface area contributed by atoms with E-state index in [1.54, 1.807) is 24.3 Å². The number of unbranched alkanes of at least 4 members (excludes halogenated alkanes) is 3. The lowest BCUT2D eigenvalue weighted by Gasteiger charge is -2.04. The molecular weight excluding hydrogens is 440 g/mol. The van der Waals surface area contributed by atoms with Gasteiger partial charge in [0.25, 0.3) is 0 Å². The fraction of sp³-hybridized carbons (Fsp3) is 0.333. The van der Waals surface area contributed by atoms with Crippen LogP contribution in [0.2, 0.25) is 0 Å². The summed E-state index contributed by atoms with van der Waals surface area (Å²) in [6.45, 7) is 0. The first-order chi connectivity index (χ1) is 16.4. The van der Waals surface area contributed by atoms with Gasteiger partial charge in [0.2, 0.25) is 11.8 Å². The number of hydrogen-bond donors (Lipinski definition) is 4. The Kier molecular flexibility index (Phi) is 10.9. The largest absolute Gasteiger partial charge is 0.504 e. The molecule has 10 nitrogen and oxygen atoms in total. The van der Waals surface area contributed by atoms with Crippen LogP contribution >= 0.6 is 0 Å². The Bertz CT molecular complexity index is 941. The zero-order valence-corrected chi connectivity index (χ0v) is 19.3. The number of methoxy groups -OCH3 is 2. The number of rotatable bonds is 13. The van der Waals surface area contributed by atoms with Gasteiger partial charge < -0.3 is 19.7 Å². The first-order valence-electron chi connectivity index (χ1n) is 10.8. The highest BCUT2D eigenvalue weighted by atomic mass is 16.5. The van der Waals surface area contributed by atoms with Gasteiger partial charge in [-0.25, -0.2) is 10.9 Å². The predicted octanol–water partition coefficient (Wildman–Crippen LogP) is 3.06. The second-order valence-corrected chi connectivity index (χ2v) is 7.36. The second-order valence-electron chi connectivity index (χ2n) is 7.36. The topological polar surface area (TPSA) is 142 Å². The highest BCUT2D eigenvalue weighted by Crippen LogP contribution is 2.26. The summed E-state index contributed by atoms with van der Waals surface area (Å²) >= 11 is 0. The maximum Gasteiger partial charge on any atom is 0.240 e. The van der Waals surface area contributed by atoms with Gasteiger partial charge in [-0.1, -0.05) is 12.8 Å². The Hall–Kier alpha value is -4.08. The quantitative estimate of drug-likeness (QED) is 0.201. The average Bonchev–Trinajstić information content (AvgIpc) is 2.83. The minimum Gasteiger partial charge on any atom is -0.504 e. The first-order valence-corrected chi connectivity index (χ1v) is 10.8. The van der Waals surface area contributed by atoms with Crippen molar-refractivity contribution < 1.29 is 29.3 Å². The standard InChI is InChI=1S/C24H30N4O6/c1-33-21-13-17(9-11-19(21)29)15-25-27-23(31)7-5-3-4-6-8-24(32)28-26-16-18-10-12-20(30)22(14-18)34-2/h9-16,29-30H,3-8H2,1-2H3,(H,27,31)(H,28,32). The molecule has 0 aliphatic rings. The average molecular weight is 471 g/mol. The summed E-state index contributed by atoms with van der Waals surface area (Å²) < 4.78 is 10.0. The molecule has 0 aliphatic carbocycles. The Morgan fingerprint density at radius 1 is 0.765 bits per heavy atom. The number of ether oxygens (including phenoxy) is 2. The minimum absolute atomic E-state index is 0.0315. The molecule has 2 rings (SSSR count). The summed E-state index contributed by atoms with van der Waals surface area (Å²) in [5, 5.41) is 26.9. The zero-order valence-electron chi connectivity index (χ0n) is 19.3. The van der Waals surface area contributed by atoms with E-state index >= 15 is 0 Å². The van der Waals surface area contributed by atoms with Crippen LogP contribution in [0.15, 0.2) is 46.6 Å². The van der Waals surface area contributed by atoms with Crippen LogP contribution < -0.4 is 20.3 Å². The van der Waals surface area contributed by atoms with E-state index in [1.807, 2.05) is 0 Å². The van der Waals surface area contributed by atoms with Crippen LogP contribution in [-0.4, -0.2) is 48.7 Å². The van der Waals surface area contributed by atoms with Gasteiger partial charge in [-0.15, -0.1) is 0 Å². The molecule has 0 saturated heterocycles. The number of carbonyl (C=O) groups excluding carboxylic acids is 2. The van der Waals surface area contributed by atoms with Crippen LogP contribution in [0.1, 0.15) is 49.7 Å². The molecule has 0 radical (unpaired) electrons.